The van der Waals surface area contributed by atoms with Gasteiger partial charge in [-0.15, -0.1) is 10.2 Å². The van der Waals surface area contributed by atoms with E-state index in [0.717, 1.165) is 55.6 Å². The minimum Gasteiger partial charge on any atom is -0.352 e. The molecule has 31 heavy (non-hydrogen) atoms. The molecule has 0 N–H and O–H groups in total. The maximum atomic E-state index is 12.6. The van der Waals surface area contributed by atoms with Gasteiger partial charge in [0.2, 0.25) is 5.91 Å². The van der Waals surface area contributed by atoms with Crippen LogP contribution in [0.2, 0.25) is 0 Å². The number of aromatic nitrogens is 2. The number of nitrogens with zero attached hydrogens (tertiary/aromatic N) is 4. The Morgan fingerprint density at radius 2 is 1.61 bits per heavy atom. The monoisotopic (exact) mass is 420 g/mol. The van der Waals surface area contributed by atoms with Gasteiger partial charge in [-0.25, -0.2) is 0 Å². The number of hydrogen-bond acceptors (Lipinski definition) is 4. The maximum absolute atomic E-state index is 12.6. The van der Waals surface area contributed by atoms with Gasteiger partial charge in [-0.1, -0.05) is 38.2 Å². The molecule has 4 rings (SSSR count). The van der Waals surface area contributed by atoms with Crippen LogP contribution >= 0.6 is 0 Å². The van der Waals surface area contributed by atoms with Crippen molar-refractivity contribution < 1.29 is 4.79 Å². The van der Waals surface area contributed by atoms with E-state index in [2.05, 4.69) is 60.1 Å². The quantitative estimate of drug-likeness (QED) is 0.677. The van der Waals surface area contributed by atoms with Gasteiger partial charge in [0, 0.05) is 38.2 Å². The third kappa shape index (κ3) is 5.25. The average Bonchev–Trinajstić information content (AvgIpc) is 2.81. The minimum atomic E-state index is 0.330. The van der Waals surface area contributed by atoms with Crippen molar-refractivity contribution in [1.82, 2.24) is 15.1 Å². The molecule has 1 saturated carbocycles. The zero-order chi connectivity index (χ0) is 21.8. The van der Waals surface area contributed by atoms with Crippen molar-refractivity contribution in [2.75, 3.05) is 31.1 Å². The highest BCUT2D eigenvalue weighted by Crippen LogP contribution is 2.28. The number of carbonyl (C=O) groups is 1. The van der Waals surface area contributed by atoms with Crippen LogP contribution in [-0.4, -0.2) is 47.2 Å². The van der Waals surface area contributed by atoms with Crippen LogP contribution in [0.3, 0.4) is 0 Å². The van der Waals surface area contributed by atoms with Crippen molar-refractivity contribution in [3.63, 3.8) is 0 Å². The molecule has 0 spiro atoms. The lowest BCUT2D eigenvalue weighted by Crippen LogP contribution is -2.49. The third-order valence-corrected chi connectivity index (χ3v) is 7.21. The molecule has 1 aromatic heterocycles. The van der Waals surface area contributed by atoms with Crippen LogP contribution in [0, 0.1) is 26.7 Å². The Kier molecular flexibility index (Phi) is 6.89. The largest absolute Gasteiger partial charge is 0.352 e. The van der Waals surface area contributed by atoms with Crippen molar-refractivity contribution >= 4 is 11.7 Å². The SMILES string of the molecule is Cc1cc(C)c(-c2ccc(N3CCN(C(=O)CCC4CCCCC4)CC3)nn2)cc1C. The normalized spacial score (nSPS) is 17.8. The van der Waals surface area contributed by atoms with Crippen molar-refractivity contribution in [3.05, 3.63) is 41.0 Å². The van der Waals surface area contributed by atoms with Gasteiger partial charge in [-0.2, -0.15) is 0 Å². The third-order valence-electron chi connectivity index (χ3n) is 7.21. The molecule has 1 aliphatic carbocycles. The predicted octanol–water partition coefficient (Wildman–Crippen LogP) is 5.08. The minimum absolute atomic E-state index is 0.330. The summed E-state index contributed by atoms with van der Waals surface area (Å²) in [7, 11) is 0. The van der Waals surface area contributed by atoms with Crippen LogP contribution in [0.1, 0.15) is 61.6 Å². The van der Waals surface area contributed by atoms with Gasteiger partial charge < -0.3 is 9.80 Å². The zero-order valence-corrected chi connectivity index (χ0v) is 19.4. The first-order valence-corrected chi connectivity index (χ1v) is 12.0. The van der Waals surface area contributed by atoms with Crippen LogP contribution in [0.25, 0.3) is 11.3 Å². The Labute approximate surface area is 186 Å². The summed E-state index contributed by atoms with van der Waals surface area (Å²) < 4.78 is 0. The second-order valence-corrected chi connectivity index (χ2v) is 9.44. The number of carbonyl (C=O) groups excluding carboxylic acids is 1. The maximum Gasteiger partial charge on any atom is 0.222 e. The van der Waals surface area contributed by atoms with Crippen molar-refractivity contribution in [3.8, 4) is 11.3 Å². The van der Waals surface area contributed by atoms with Crippen LogP contribution in [-0.2, 0) is 4.79 Å². The molecular weight excluding hydrogens is 384 g/mol. The summed E-state index contributed by atoms with van der Waals surface area (Å²) in [6.45, 7) is 9.61. The lowest BCUT2D eigenvalue weighted by atomic mass is 9.86. The van der Waals surface area contributed by atoms with Crippen molar-refractivity contribution in [1.29, 1.82) is 0 Å². The van der Waals surface area contributed by atoms with Gasteiger partial charge in [0.05, 0.1) is 5.69 Å². The van der Waals surface area contributed by atoms with E-state index in [-0.39, 0.29) is 0 Å². The van der Waals surface area contributed by atoms with Gasteiger partial charge >= 0.3 is 0 Å². The molecule has 5 nitrogen and oxygen atoms in total. The second-order valence-electron chi connectivity index (χ2n) is 9.44. The second kappa shape index (κ2) is 9.80. The van der Waals surface area contributed by atoms with E-state index in [1.165, 1.54) is 48.8 Å². The molecule has 0 radical (unpaired) electrons. The molecule has 1 aromatic carbocycles. The van der Waals surface area contributed by atoms with E-state index < -0.39 is 0 Å². The van der Waals surface area contributed by atoms with E-state index in [1.54, 1.807) is 0 Å². The lowest BCUT2D eigenvalue weighted by Gasteiger charge is -2.35. The fourth-order valence-electron chi connectivity index (χ4n) is 5.02. The van der Waals surface area contributed by atoms with E-state index in [1.807, 2.05) is 4.90 Å². The molecule has 1 aliphatic heterocycles. The molecule has 5 heteroatoms. The summed E-state index contributed by atoms with van der Waals surface area (Å²) in [5, 5.41) is 9.03. The Balaban J connectivity index is 1.30. The summed E-state index contributed by atoms with van der Waals surface area (Å²) in [5.41, 5.74) is 5.87. The molecule has 166 valence electrons. The molecule has 2 aromatic rings. The molecule has 0 atom stereocenters. The van der Waals surface area contributed by atoms with E-state index in [9.17, 15) is 4.79 Å². The van der Waals surface area contributed by atoms with Crippen LogP contribution in [0.4, 0.5) is 5.82 Å². The first-order chi connectivity index (χ1) is 15.0. The summed E-state index contributed by atoms with van der Waals surface area (Å²) in [6, 6.07) is 8.55. The van der Waals surface area contributed by atoms with Gasteiger partial charge in [0.15, 0.2) is 5.82 Å². The molecule has 0 unspecified atom stereocenters. The van der Waals surface area contributed by atoms with Crippen LogP contribution in [0.5, 0.6) is 0 Å². The smallest absolute Gasteiger partial charge is 0.222 e. The first kappa shape index (κ1) is 21.8. The molecular formula is C26H36N4O. The number of aryl methyl sites for hydroxylation is 3. The summed E-state index contributed by atoms with van der Waals surface area (Å²) in [5.74, 6) is 2.00. The standard InChI is InChI=1S/C26H36N4O/c1-19-17-21(3)23(18-20(19)2)24-10-11-25(28-27-24)29-13-15-30(16-14-29)26(31)12-9-22-7-5-4-6-8-22/h10-11,17-18,22H,4-9,12-16H2,1-3H3. The average molecular weight is 421 g/mol. The Hall–Kier alpha value is -2.43. The zero-order valence-electron chi connectivity index (χ0n) is 19.4. The lowest BCUT2D eigenvalue weighted by molar-refractivity contribution is -0.131. The van der Waals surface area contributed by atoms with Gasteiger partial charge in [-0.3, -0.25) is 4.79 Å². The number of benzene rings is 1. The molecule has 2 aliphatic rings. The molecule has 0 bridgehead atoms. The fraction of sp³-hybridized carbons (Fsp3) is 0.577. The molecule has 1 saturated heterocycles. The van der Waals surface area contributed by atoms with Gasteiger partial charge in [0.1, 0.15) is 0 Å². The van der Waals surface area contributed by atoms with Crippen LogP contribution < -0.4 is 4.90 Å². The molecule has 2 heterocycles. The van der Waals surface area contributed by atoms with Gasteiger partial charge in [-0.05, 0) is 68.0 Å². The molecule has 2 fully saturated rings. The first-order valence-electron chi connectivity index (χ1n) is 12.0. The highest BCUT2D eigenvalue weighted by atomic mass is 16.2. The Morgan fingerprint density at radius 1 is 0.903 bits per heavy atom. The van der Waals surface area contributed by atoms with Gasteiger partial charge in [0.25, 0.3) is 0 Å². The number of rotatable bonds is 5. The fourth-order valence-corrected chi connectivity index (χ4v) is 5.02. The topological polar surface area (TPSA) is 49.3 Å². The highest BCUT2D eigenvalue weighted by Gasteiger charge is 2.23. The van der Waals surface area contributed by atoms with E-state index in [4.69, 9.17) is 0 Å². The van der Waals surface area contributed by atoms with E-state index >= 15 is 0 Å². The Bertz CT molecular complexity index is 894. The number of amides is 1. The number of hydrogen-bond donors (Lipinski definition) is 0. The van der Waals surface area contributed by atoms with Crippen molar-refractivity contribution in [2.24, 2.45) is 5.92 Å². The van der Waals surface area contributed by atoms with Crippen molar-refractivity contribution in [2.45, 2.75) is 65.7 Å². The Morgan fingerprint density at radius 3 is 2.29 bits per heavy atom. The number of piperazine rings is 1. The van der Waals surface area contributed by atoms with Crippen LogP contribution in [0.15, 0.2) is 24.3 Å². The number of anilines is 1. The summed E-state index contributed by atoms with van der Waals surface area (Å²) in [4.78, 5) is 16.9. The summed E-state index contributed by atoms with van der Waals surface area (Å²) >= 11 is 0. The molecule has 1 amide bonds. The van der Waals surface area contributed by atoms with E-state index in [0.29, 0.717) is 12.3 Å². The predicted molar refractivity (Wildman–Crippen MR) is 126 cm³/mol. The summed E-state index contributed by atoms with van der Waals surface area (Å²) in [6.07, 6.45) is 8.49. The highest BCUT2D eigenvalue weighted by molar-refractivity contribution is 5.76.